The van der Waals surface area contributed by atoms with E-state index in [1.54, 1.807) is 48.5 Å². The molecule has 3 N–H and O–H groups in total. The number of thiophene rings is 1. The first-order chi connectivity index (χ1) is 14.0. The Bertz CT molecular complexity index is 1030. The Hall–Kier alpha value is -3.45. The Labute approximate surface area is 173 Å². The van der Waals surface area contributed by atoms with Crippen LogP contribution < -0.4 is 16.0 Å². The van der Waals surface area contributed by atoms with Gasteiger partial charge in [-0.3, -0.25) is 14.4 Å². The summed E-state index contributed by atoms with van der Waals surface area (Å²) in [6.07, 6.45) is 0. The van der Waals surface area contributed by atoms with E-state index in [1.807, 2.05) is 25.3 Å². The fourth-order valence-electron chi connectivity index (χ4n) is 2.66. The van der Waals surface area contributed by atoms with E-state index in [4.69, 9.17) is 0 Å². The third-order valence-electron chi connectivity index (χ3n) is 4.24. The van der Waals surface area contributed by atoms with Crippen LogP contribution in [0.15, 0.2) is 60.0 Å². The summed E-state index contributed by atoms with van der Waals surface area (Å²) in [5.74, 6) is -0.666. The number of carbonyl (C=O) groups is 3. The normalized spacial score (nSPS) is 10.3. The predicted octanol–water partition coefficient (Wildman–Crippen LogP) is 4.31. The highest BCUT2D eigenvalue weighted by Crippen LogP contribution is 2.19. The first-order valence-electron chi connectivity index (χ1n) is 9.13. The van der Waals surface area contributed by atoms with Gasteiger partial charge in [0.15, 0.2) is 0 Å². The molecule has 0 saturated heterocycles. The standard InChI is InChI=1S/C22H21N3O3S/c1-3-23-20(26)16-7-6-14(2)18(13-16)25-21(27)15-8-10-17(11-9-15)24-22(28)19-5-4-12-29-19/h4-13H,3H2,1-2H3,(H,23,26)(H,24,28)(H,25,27). The zero-order chi connectivity index (χ0) is 20.8. The lowest BCUT2D eigenvalue weighted by molar-refractivity contribution is 0.0953. The van der Waals surface area contributed by atoms with Crippen molar-refractivity contribution in [3.63, 3.8) is 0 Å². The van der Waals surface area contributed by atoms with Gasteiger partial charge in [0, 0.05) is 29.0 Å². The van der Waals surface area contributed by atoms with Crippen LogP contribution in [-0.2, 0) is 0 Å². The van der Waals surface area contributed by atoms with E-state index >= 15 is 0 Å². The Morgan fingerprint density at radius 1 is 0.862 bits per heavy atom. The average molecular weight is 407 g/mol. The van der Waals surface area contributed by atoms with E-state index in [2.05, 4.69) is 16.0 Å². The fraction of sp³-hybridized carbons (Fsp3) is 0.136. The molecule has 6 nitrogen and oxygen atoms in total. The zero-order valence-electron chi connectivity index (χ0n) is 16.1. The van der Waals surface area contributed by atoms with Crippen LogP contribution in [0, 0.1) is 6.92 Å². The maximum Gasteiger partial charge on any atom is 0.265 e. The molecule has 3 amide bonds. The molecule has 29 heavy (non-hydrogen) atoms. The highest BCUT2D eigenvalue weighted by molar-refractivity contribution is 7.12. The van der Waals surface area contributed by atoms with Crippen LogP contribution >= 0.6 is 11.3 Å². The van der Waals surface area contributed by atoms with Crippen molar-refractivity contribution in [1.29, 1.82) is 0 Å². The number of hydrogen-bond acceptors (Lipinski definition) is 4. The number of amides is 3. The third-order valence-corrected chi connectivity index (χ3v) is 5.10. The van der Waals surface area contributed by atoms with Crippen molar-refractivity contribution in [2.75, 3.05) is 17.2 Å². The maximum absolute atomic E-state index is 12.6. The van der Waals surface area contributed by atoms with Crippen molar-refractivity contribution in [3.05, 3.63) is 81.5 Å². The molecule has 0 bridgehead atoms. The van der Waals surface area contributed by atoms with E-state index in [-0.39, 0.29) is 17.7 Å². The van der Waals surface area contributed by atoms with Crippen LogP contribution in [0.1, 0.15) is 42.9 Å². The first kappa shape index (κ1) is 20.3. The van der Waals surface area contributed by atoms with Crippen LogP contribution in [0.2, 0.25) is 0 Å². The summed E-state index contributed by atoms with van der Waals surface area (Å²) < 4.78 is 0. The minimum atomic E-state index is -0.294. The van der Waals surface area contributed by atoms with Crippen LogP contribution in [0.5, 0.6) is 0 Å². The second-order valence-electron chi connectivity index (χ2n) is 6.35. The summed E-state index contributed by atoms with van der Waals surface area (Å²) >= 11 is 1.36. The van der Waals surface area contributed by atoms with Gasteiger partial charge in [-0.2, -0.15) is 0 Å². The summed E-state index contributed by atoms with van der Waals surface area (Å²) in [5, 5.41) is 10.2. The van der Waals surface area contributed by atoms with Gasteiger partial charge in [-0.15, -0.1) is 11.3 Å². The number of carbonyl (C=O) groups excluding carboxylic acids is 3. The Morgan fingerprint density at radius 2 is 1.59 bits per heavy atom. The van der Waals surface area contributed by atoms with Gasteiger partial charge in [0.05, 0.1) is 4.88 Å². The Morgan fingerprint density at radius 3 is 2.24 bits per heavy atom. The molecular formula is C22H21N3O3S. The van der Waals surface area contributed by atoms with E-state index in [9.17, 15) is 14.4 Å². The summed E-state index contributed by atoms with van der Waals surface area (Å²) in [6, 6.07) is 15.4. The Balaban J connectivity index is 1.69. The Kier molecular flexibility index (Phi) is 6.41. The second kappa shape index (κ2) is 9.16. The molecule has 0 saturated carbocycles. The van der Waals surface area contributed by atoms with Crippen molar-refractivity contribution < 1.29 is 14.4 Å². The second-order valence-corrected chi connectivity index (χ2v) is 7.30. The van der Waals surface area contributed by atoms with Gasteiger partial charge in [-0.1, -0.05) is 12.1 Å². The number of nitrogens with one attached hydrogen (secondary N) is 3. The first-order valence-corrected chi connectivity index (χ1v) is 10.0. The van der Waals surface area contributed by atoms with Gasteiger partial charge in [0.25, 0.3) is 17.7 Å². The molecule has 1 aromatic heterocycles. The zero-order valence-corrected chi connectivity index (χ0v) is 16.9. The largest absolute Gasteiger partial charge is 0.352 e. The molecular weight excluding hydrogens is 386 g/mol. The third kappa shape index (κ3) is 5.08. The molecule has 0 aliphatic carbocycles. The van der Waals surface area contributed by atoms with Crippen LogP contribution in [-0.4, -0.2) is 24.3 Å². The minimum Gasteiger partial charge on any atom is -0.352 e. The molecule has 0 unspecified atom stereocenters. The number of benzene rings is 2. The van der Waals surface area contributed by atoms with Crippen molar-refractivity contribution in [1.82, 2.24) is 5.32 Å². The summed E-state index contributed by atoms with van der Waals surface area (Å²) in [5.41, 5.74) is 2.97. The molecule has 0 aliphatic rings. The molecule has 3 rings (SSSR count). The van der Waals surface area contributed by atoms with Crippen LogP contribution in [0.25, 0.3) is 0 Å². The number of aryl methyl sites for hydroxylation is 1. The number of hydrogen-bond donors (Lipinski definition) is 3. The van der Waals surface area contributed by atoms with Gasteiger partial charge >= 0.3 is 0 Å². The molecule has 2 aromatic carbocycles. The van der Waals surface area contributed by atoms with Gasteiger partial charge in [-0.05, 0) is 67.3 Å². The van der Waals surface area contributed by atoms with E-state index in [0.717, 1.165) is 5.56 Å². The van der Waals surface area contributed by atoms with Crippen molar-refractivity contribution >= 4 is 40.4 Å². The highest BCUT2D eigenvalue weighted by Gasteiger charge is 2.12. The molecule has 0 aliphatic heterocycles. The topological polar surface area (TPSA) is 87.3 Å². The van der Waals surface area contributed by atoms with Crippen molar-refractivity contribution in [3.8, 4) is 0 Å². The lowest BCUT2D eigenvalue weighted by atomic mass is 10.1. The van der Waals surface area contributed by atoms with Crippen molar-refractivity contribution in [2.24, 2.45) is 0 Å². The molecule has 0 spiro atoms. The quantitative estimate of drug-likeness (QED) is 0.569. The summed E-state index contributed by atoms with van der Waals surface area (Å²) in [4.78, 5) is 37.3. The monoisotopic (exact) mass is 407 g/mol. The van der Waals surface area contributed by atoms with E-state index in [1.165, 1.54) is 11.3 Å². The molecule has 0 fully saturated rings. The smallest absolute Gasteiger partial charge is 0.265 e. The number of rotatable bonds is 6. The maximum atomic E-state index is 12.6. The molecule has 1 heterocycles. The van der Waals surface area contributed by atoms with E-state index < -0.39 is 0 Å². The summed E-state index contributed by atoms with van der Waals surface area (Å²) in [6.45, 7) is 4.24. The molecule has 0 radical (unpaired) electrons. The number of anilines is 2. The average Bonchev–Trinajstić information content (AvgIpc) is 3.25. The lowest BCUT2D eigenvalue weighted by Gasteiger charge is -2.11. The predicted molar refractivity (Wildman–Crippen MR) is 116 cm³/mol. The minimum absolute atomic E-state index is 0.185. The van der Waals surface area contributed by atoms with Gasteiger partial charge < -0.3 is 16.0 Å². The molecule has 148 valence electrons. The van der Waals surface area contributed by atoms with Crippen molar-refractivity contribution in [2.45, 2.75) is 13.8 Å². The van der Waals surface area contributed by atoms with E-state index in [0.29, 0.717) is 33.9 Å². The van der Waals surface area contributed by atoms with Crippen LogP contribution in [0.3, 0.4) is 0 Å². The lowest BCUT2D eigenvalue weighted by Crippen LogP contribution is -2.23. The molecule has 7 heteroatoms. The highest BCUT2D eigenvalue weighted by atomic mass is 32.1. The van der Waals surface area contributed by atoms with Gasteiger partial charge in [0.2, 0.25) is 0 Å². The van der Waals surface area contributed by atoms with Gasteiger partial charge in [0.1, 0.15) is 0 Å². The summed E-state index contributed by atoms with van der Waals surface area (Å²) in [7, 11) is 0. The molecule has 0 atom stereocenters. The van der Waals surface area contributed by atoms with Crippen LogP contribution in [0.4, 0.5) is 11.4 Å². The SMILES string of the molecule is CCNC(=O)c1ccc(C)c(NC(=O)c2ccc(NC(=O)c3cccs3)cc2)c1. The van der Waals surface area contributed by atoms with Gasteiger partial charge in [-0.25, -0.2) is 0 Å². The molecule has 3 aromatic rings. The fourth-order valence-corrected chi connectivity index (χ4v) is 3.28.